The molecule has 0 N–H and O–H groups in total. The molecule has 1 aromatic heterocycles. The second kappa shape index (κ2) is 9.82. The van der Waals surface area contributed by atoms with Gasteiger partial charge in [0.1, 0.15) is 0 Å². The summed E-state index contributed by atoms with van der Waals surface area (Å²) in [5.41, 5.74) is 0.216. The molecule has 0 saturated carbocycles. The number of aryl methyl sites for hydroxylation is 1. The molecule has 3 amide bonds. The predicted molar refractivity (Wildman–Crippen MR) is 139 cm³/mol. The number of hydrogen-bond acceptors (Lipinski definition) is 5. The first-order chi connectivity index (χ1) is 18.9. The predicted octanol–water partition coefficient (Wildman–Crippen LogP) is 3.58. The molecule has 206 valence electrons. The van der Waals surface area contributed by atoms with E-state index in [0.717, 1.165) is 12.1 Å². The number of amides is 3. The van der Waals surface area contributed by atoms with Crippen LogP contribution in [0, 0.1) is 17.2 Å². The fourth-order valence-corrected chi connectivity index (χ4v) is 5.54. The maximum atomic E-state index is 13.9. The molecule has 3 unspecified atom stereocenters. The second-order valence-corrected chi connectivity index (χ2v) is 9.97. The molecule has 0 spiro atoms. The van der Waals surface area contributed by atoms with Gasteiger partial charge < -0.3 is 9.80 Å². The number of carbonyl (C=O) groups excluding carboxylic acids is 2. The first-order valence-corrected chi connectivity index (χ1v) is 12.5. The van der Waals surface area contributed by atoms with Gasteiger partial charge >= 0.3 is 12.2 Å². The zero-order valence-electron chi connectivity index (χ0n) is 21.9. The Balaban J connectivity index is 1.69. The van der Waals surface area contributed by atoms with Gasteiger partial charge in [0.05, 0.1) is 34.6 Å². The molecule has 1 aromatic carbocycles. The van der Waals surface area contributed by atoms with Gasteiger partial charge in [0.25, 0.3) is 11.5 Å². The standard InChI is InChI=1S/C28H25F3N6O3/c1-34-12-11-22-24(26(34)39)25(35(2)27(40)37(22)18-6-4-5-17(14-18)28(29,30)31)19-8-7-16(15-32)13-20(19)21-9-10-23(38)36(3)33-21/h4-10,13-14,19-20,25H,11-12H2,1-3H3. The minimum absolute atomic E-state index is 0.0112. The lowest BCUT2D eigenvalue weighted by atomic mass is 9.74. The molecule has 0 fully saturated rings. The van der Waals surface area contributed by atoms with Crippen molar-refractivity contribution in [2.75, 3.05) is 25.5 Å². The van der Waals surface area contributed by atoms with Crippen molar-refractivity contribution in [1.29, 1.82) is 5.26 Å². The Morgan fingerprint density at radius 2 is 1.82 bits per heavy atom. The lowest BCUT2D eigenvalue weighted by molar-refractivity contribution is -0.137. The number of aromatic nitrogens is 2. The van der Waals surface area contributed by atoms with E-state index in [0.29, 0.717) is 17.0 Å². The first-order valence-electron chi connectivity index (χ1n) is 12.5. The van der Waals surface area contributed by atoms with Gasteiger partial charge in [-0.2, -0.15) is 23.5 Å². The molecule has 40 heavy (non-hydrogen) atoms. The lowest BCUT2D eigenvalue weighted by Crippen LogP contribution is -2.59. The molecule has 5 rings (SSSR count). The van der Waals surface area contributed by atoms with Crippen LogP contribution in [-0.4, -0.2) is 58.2 Å². The normalized spacial score (nSPS) is 23.3. The van der Waals surface area contributed by atoms with E-state index in [4.69, 9.17) is 0 Å². The SMILES string of the molecule is CN1CCC2=C(C1=O)C(C1C=CC(C#N)=CC1c1ccc(=O)n(C)n1)N(C)C(=O)N2c1cccc(C(F)(F)F)c1. The number of carbonyl (C=O) groups is 2. The van der Waals surface area contributed by atoms with Crippen LogP contribution in [0.25, 0.3) is 0 Å². The van der Waals surface area contributed by atoms with Crippen molar-refractivity contribution in [1.82, 2.24) is 19.6 Å². The highest BCUT2D eigenvalue weighted by Gasteiger charge is 2.48. The third-order valence-corrected chi connectivity index (χ3v) is 7.57. The molecule has 3 heterocycles. The molecular weight excluding hydrogens is 525 g/mol. The molecule has 1 aliphatic carbocycles. The van der Waals surface area contributed by atoms with Gasteiger partial charge in [0.15, 0.2) is 0 Å². The third-order valence-electron chi connectivity index (χ3n) is 7.57. The molecule has 0 saturated heterocycles. The number of alkyl halides is 3. The quantitative estimate of drug-likeness (QED) is 0.582. The zero-order valence-corrected chi connectivity index (χ0v) is 21.9. The van der Waals surface area contributed by atoms with Crippen LogP contribution in [0.3, 0.4) is 0 Å². The van der Waals surface area contributed by atoms with Gasteiger partial charge in [-0.3, -0.25) is 14.5 Å². The average Bonchev–Trinajstić information content (AvgIpc) is 2.93. The van der Waals surface area contributed by atoms with Crippen molar-refractivity contribution in [2.24, 2.45) is 13.0 Å². The van der Waals surface area contributed by atoms with E-state index in [1.165, 1.54) is 51.7 Å². The van der Waals surface area contributed by atoms with Crippen molar-refractivity contribution in [3.05, 3.63) is 93.1 Å². The van der Waals surface area contributed by atoms with Crippen LogP contribution in [0.15, 0.2) is 76.3 Å². The summed E-state index contributed by atoms with van der Waals surface area (Å²) >= 11 is 0. The van der Waals surface area contributed by atoms with Gasteiger partial charge in [-0.05, 0) is 30.3 Å². The summed E-state index contributed by atoms with van der Waals surface area (Å²) in [4.78, 5) is 43.7. The molecule has 9 nitrogen and oxygen atoms in total. The van der Waals surface area contributed by atoms with Crippen LogP contribution in [0.2, 0.25) is 0 Å². The Labute approximate surface area is 227 Å². The lowest BCUT2D eigenvalue weighted by Gasteiger charge is -2.48. The number of rotatable bonds is 3. The van der Waals surface area contributed by atoms with Gasteiger partial charge in [-0.15, -0.1) is 0 Å². The Kier molecular flexibility index (Phi) is 6.61. The van der Waals surface area contributed by atoms with Gasteiger partial charge in [-0.1, -0.05) is 18.2 Å². The van der Waals surface area contributed by atoms with Gasteiger partial charge in [0.2, 0.25) is 0 Å². The summed E-state index contributed by atoms with van der Waals surface area (Å²) in [6.45, 7) is 0.279. The van der Waals surface area contributed by atoms with Crippen LogP contribution in [0.1, 0.15) is 23.6 Å². The van der Waals surface area contributed by atoms with Crippen molar-refractivity contribution in [2.45, 2.75) is 24.6 Å². The smallest absolute Gasteiger partial charge is 0.341 e. The number of urea groups is 1. The number of hydrogen-bond donors (Lipinski definition) is 0. The monoisotopic (exact) mass is 550 g/mol. The summed E-state index contributed by atoms with van der Waals surface area (Å²) < 4.78 is 41.8. The molecule has 0 radical (unpaired) electrons. The fourth-order valence-electron chi connectivity index (χ4n) is 5.54. The summed E-state index contributed by atoms with van der Waals surface area (Å²) in [7, 11) is 4.63. The average molecular weight is 551 g/mol. The molecule has 3 aliphatic rings. The van der Waals surface area contributed by atoms with E-state index in [9.17, 15) is 32.8 Å². The van der Waals surface area contributed by atoms with E-state index in [1.807, 2.05) is 0 Å². The molecule has 2 aliphatic heterocycles. The van der Waals surface area contributed by atoms with E-state index in [1.54, 1.807) is 31.3 Å². The highest BCUT2D eigenvalue weighted by atomic mass is 19.4. The molecule has 2 aromatic rings. The second-order valence-electron chi connectivity index (χ2n) is 9.97. The maximum absolute atomic E-state index is 13.9. The van der Waals surface area contributed by atoms with Crippen LogP contribution in [0.4, 0.5) is 23.7 Å². The van der Waals surface area contributed by atoms with Crippen LogP contribution < -0.4 is 10.5 Å². The number of halogens is 3. The molecular formula is C28H25F3N6O3. The van der Waals surface area contributed by atoms with Crippen molar-refractivity contribution >= 4 is 17.6 Å². The van der Waals surface area contributed by atoms with Crippen LogP contribution in [-0.2, 0) is 18.0 Å². The highest BCUT2D eigenvalue weighted by molar-refractivity contribution is 6.05. The number of nitriles is 1. The van der Waals surface area contributed by atoms with Crippen molar-refractivity contribution < 1.29 is 22.8 Å². The largest absolute Gasteiger partial charge is 0.416 e. The fraction of sp³-hybridized carbons (Fsp3) is 0.321. The van der Waals surface area contributed by atoms with Crippen LogP contribution >= 0.6 is 0 Å². The molecule has 0 bridgehead atoms. The van der Waals surface area contributed by atoms with Gasteiger partial charge in [0, 0.05) is 63.3 Å². The summed E-state index contributed by atoms with van der Waals surface area (Å²) in [6.07, 6.45) is 0.681. The summed E-state index contributed by atoms with van der Waals surface area (Å²) in [5.74, 6) is -1.50. The first kappa shape index (κ1) is 26.9. The maximum Gasteiger partial charge on any atom is 0.416 e. The van der Waals surface area contributed by atoms with Crippen molar-refractivity contribution in [3.8, 4) is 6.07 Å². The third kappa shape index (κ3) is 4.47. The van der Waals surface area contributed by atoms with E-state index >= 15 is 0 Å². The minimum atomic E-state index is -4.61. The number of anilines is 1. The Morgan fingerprint density at radius 3 is 2.50 bits per heavy atom. The summed E-state index contributed by atoms with van der Waals surface area (Å²) in [5, 5.41) is 14.0. The van der Waals surface area contributed by atoms with E-state index < -0.39 is 35.6 Å². The number of likely N-dealkylation sites (N-methyl/N-ethyl adjacent to an activating group) is 2. The van der Waals surface area contributed by atoms with E-state index in [2.05, 4.69) is 11.2 Å². The Hall–Kier alpha value is -4.66. The topological polar surface area (TPSA) is 103 Å². The Morgan fingerprint density at radius 1 is 1.07 bits per heavy atom. The van der Waals surface area contributed by atoms with Crippen molar-refractivity contribution in [3.63, 3.8) is 0 Å². The minimum Gasteiger partial charge on any atom is -0.341 e. The summed E-state index contributed by atoms with van der Waals surface area (Å²) in [6, 6.07) is 8.07. The Bertz CT molecular complexity index is 1600. The van der Waals surface area contributed by atoms with Gasteiger partial charge in [-0.25, -0.2) is 9.48 Å². The molecule has 3 atom stereocenters. The highest BCUT2D eigenvalue weighted by Crippen LogP contribution is 2.44. The molecule has 12 heteroatoms. The number of benzene rings is 1. The number of allylic oxidation sites excluding steroid dienone is 3. The zero-order chi connectivity index (χ0) is 28.9. The van der Waals surface area contributed by atoms with Crippen LogP contribution in [0.5, 0.6) is 0 Å². The van der Waals surface area contributed by atoms with E-state index in [-0.39, 0.29) is 35.7 Å². The number of nitrogens with zero attached hydrogens (tertiary/aromatic N) is 6.